The predicted octanol–water partition coefficient (Wildman–Crippen LogP) is 1.99. The van der Waals surface area contributed by atoms with Crippen molar-refractivity contribution in [2.45, 2.75) is 18.9 Å². The van der Waals surface area contributed by atoms with Crippen LogP contribution in [0, 0.1) is 22.8 Å². The van der Waals surface area contributed by atoms with Crippen LogP contribution in [0.4, 0.5) is 5.13 Å². The van der Waals surface area contributed by atoms with Crippen LogP contribution in [0.2, 0.25) is 0 Å². The molecule has 1 amide bonds. The quantitative estimate of drug-likeness (QED) is 0.760. The zero-order valence-corrected chi connectivity index (χ0v) is 15.2. The largest absolute Gasteiger partial charge is 0.494 e. The number of nitrogens with zero attached hydrogens (tertiary/aromatic N) is 6. The first-order valence-corrected chi connectivity index (χ1v) is 8.82. The van der Waals surface area contributed by atoms with Gasteiger partial charge in [-0.1, -0.05) is 0 Å². The maximum absolute atomic E-state index is 12.7. The summed E-state index contributed by atoms with van der Waals surface area (Å²) in [5.41, 5.74) is 1.24. The number of methoxy groups -OCH3 is 1. The van der Waals surface area contributed by atoms with Gasteiger partial charge in [0, 0.05) is 19.0 Å². The Bertz CT molecular complexity index is 913. The van der Waals surface area contributed by atoms with Gasteiger partial charge in [-0.25, -0.2) is 9.97 Å². The molecule has 1 fully saturated rings. The molecule has 0 saturated carbocycles. The molecule has 1 aliphatic rings. The Morgan fingerprint density at radius 1 is 1.42 bits per heavy atom. The molecule has 0 radical (unpaired) electrons. The molecule has 0 N–H and O–H groups in total. The van der Waals surface area contributed by atoms with Gasteiger partial charge in [-0.2, -0.15) is 10.5 Å². The van der Waals surface area contributed by atoms with E-state index in [1.54, 1.807) is 24.6 Å². The van der Waals surface area contributed by atoms with Crippen molar-refractivity contribution in [1.82, 2.24) is 14.9 Å². The topological polar surface area (TPSA) is 106 Å². The molecule has 3 rings (SSSR count). The highest BCUT2D eigenvalue weighted by Crippen LogP contribution is 2.32. The number of carbonyl (C=O) groups excluding carboxylic acids is 1. The van der Waals surface area contributed by atoms with E-state index in [-0.39, 0.29) is 11.6 Å². The van der Waals surface area contributed by atoms with Gasteiger partial charge in [0.1, 0.15) is 34.9 Å². The maximum atomic E-state index is 12.7. The molecule has 132 valence electrons. The van der Waals surface area contributed by atoms with Crippen LogP contribution in [-0.2, 0) is 4.79 Å². The monoisotopic (exact) mass is 368 g/mol. The molecule has 9 heteroatoms. The lowest BCUT2D eigenvalue weighted by atomic mass is 10.2. The van der Waals surface area contributed by atoms with Crippen molar-refractivity contribution in [3.63, 3.8) is 0 Å². The van der Waals surface area contributed by atoms with E-state index >= 15 is 0 Å². The molecule has 0 aromatic carbocycles. The average Bonchev–Trinajstić information content (AvgIpc) is 3.35. The summed E-state index contributed by atoms with van der Waals surface area (Å²) in [6.45, 7) is 0.603. The van der Waals surface area contributed by atoms with E-state index in [1.165, 1.54) is 28.2 Å². The molecular weight excluding hydrogens is 352 g/mol. The Hall–Kier alpha value is -3.17. The Balaban J connectivity index is 1.87. The van der Waals surface area contributed by atoms with Gasteiger partial charge >= 0.3 is 0 Å². The summed E-state index contributed by atoms with van der Waals surface area (Å²) in [5.74, 6) is 0.344. The second-order valence-electron chi connectivity index (χ2n) is 5.72. The second-order valence-corrected chi connectivity index (χ2v) is 6.56. The van der Waals surface area contributed by atoms with E-state index in [0.717, 1.165) is 6.42 Å². The third-order valence-corrected chi connectivity index (χ3v) is 5.13. The molecule has 2 aromatic heterocycles. The third-order valence-electron chi connectivity index (χ3n) is 4.21. The van der Waals surface area contributed by atoms with Crippen LogP contribution in [0.1, 0.15) is 18.5 Å². The number of aromatic nitrogens is 2. The van der Waals surface area contributed by atoms with Gasteiger partial charge in [0.25, 0.3) is 5.91 Å². The molecule has 0 spiro atoms. The van der Waals surface area contributed by atoms with Crippen LogP contribution >= 0.6 is 11.3 Å². The summed E-state index contributed by atoms with van der Waals surface area (Å²) in [6, 6.07) is 4.79. The van der Waals surface area contributed by atoms with Crippen molar-refractivity contribution in [1.29, 1.82) is 10.5 Å². The number of hydrogen-bond donors (Lipinski definition) is 0. The Morgan fingerprint density at radius 3 is 2.92 bits per heavy atom. The number of nitriles is 2. The van der Waals surface area contributed by atoms with Crippen molar-refractivity contribution in [2.24, 2.45) is 0 Å². The molecule has 0 unspecified atom stereocenters. The zero-order valence-electron chi connectivity index (χ0n) is 14.3. The molecule has 8 nitrogen and oxygen atoms in total. The molecule has 3 heterocycles. The Kier molecular flexibility index (Phi) is 5.01. The van der Waals surface area contributed by atoms with E-state index in [4.69, 9.17) is 15.3 Å². The van der Waals surface area contributed by atoms with Crippen molar-refractivity contribution < 1.29 is 9.53 Å². The van der Waals surface area contributed by atoms with Gasteiger partial charge in [-0.05, 0) is 25.0 Å². The minimum absolute atomic E-state index is 0.157. The SMILES string of the molecule is COc1ccc(C#N)nc1-c1csc(N(C)C(=O)[C@@H]2CCCN2C#N)n1. The van der Waals surface area contributed by atoms with Gasteiger partial charge in [0.2, 0.25) is 0 Å². The lowest BCUT2D eigenvalue weighted by Gasteiger charge is -2.22. The number of likely N-dealkylation sites (N-methyl/N-ethyl adjacent to an activating group) is 1. The summed E-state index contributed by atoms with van der Waals surface area (Å²) in [7, 11) is 3.17. The summed E-state index contributed by atoms with van der Waals surface area (Å²) >= 11 is 1.30. The minimum Gasteiger partial charge on any atom is -0.494 e. The predicted molar refractivity (Wildman–Crippen MR) is 95.4 cm³/mol. The molecule has 1 saturated heterocycles. The standard InChI is InChI=1S/C17H16N6O2S/c1-22(16(24)13-4-3-7-23(13)10-19)17-21-12(9-26-17)15-14(25-2)6-5-11(8-18)20-15/h5-6,9,13H,3-4,7H2,1-2H3/t13-/m0/s1. The molecule has 2 aromatic rings. The van der Waals surface area contributed by atoms with Crippen LogP contribution in [-0.4, -0.2) is 47.5 Å². The number of pyridine rings is 1. The van der Waals surface area contributed by atoms with E-state index in [2.05, 4.69) is 16.2 Å². The van der Waals surface area contributed by atoms with E-state index in [9.17, 15) is 4.79 Å². The Labute approximate surface area is 154 Å². The molecular formula is C17H16N6O2S. The second kappa shape index (κ2) is 7.38. The van der Waals surface area contributed by atoms with E-state index in [0.29, 0.717) is 35.2 Å². The van der Waals surface area contributed by atoms with Gasteiger partial charge in [0.15, 0.2) is 11.3 Å². The van der Waals surface area contributed by atoms with Gasteiger partial charge in [-0.3, -0.25) is 14.6 Å². The number of thiazole rings is 1. The smallest absolute Gasteiger partial charge is 0.251 e. The summed E-state index contributed by atoms with van der Waals surface area (Å²) in [5, 5.41) is 20.5. The number of hydrogen-bond acceptors (Lipinski definition) is 8. The normalized spacial score (nSPS) is 16.0. The number of amides is 1. The summed E-state index contributed by atoms with van der Waals surface area (Å²) in [6.07, 6.45) is 3.56. The third kappa shape index (κ3) is 3.17. The van der Waals surface area contributed by atoms with Crippen molar-refractivity contribution in [3.8, 4) is 29.4 Å². The van der Waals surface area contributed by atoms with E-state index in [1.807, 2.05) is 6.07 Å². The van der Waals surface area contributed by atoms with Crippen molar-refractivity contribution in [3.05, 3.63) is 23.2 Å². The highest BCUT2D eigenvalue weighted by molar-refractivity contribution is 7.14. The maximum Gasteiger partial charge on any atom is 0.251 e. The van der Waals surface area contributed by atoms with Crippen molar-refractivity contribution >= 4 is 22.4 Å². The van der Waals surface area contributed by atoms with E-state index < -0.39 is 6.04 Å². The van der Waals surface area contributed by atoms with Gasteiger partial charge in [-0.15, -0.1) is 11.3 Å². The van der Waals surface area contributed by atoms with Crippen LogP contribution in [0.15, 0.2) is 17.5 Å². The Morgan fingerprint density at radius 2 is 2.23 bits per heavy atom. The lowest BCUT2D eigenvalue weighted by Crippen LogP contribution is -2.42. The molecule has 1 aliphatic heterocycles. The van der Waals surface area contributed by atoms with Crippen LogP contribution < -0.4 is 9.64 Å². The first kappa shape index (κ1) is 17.6. The fraction of sp³-hybridized carbons (Fsp3) is 0.353. The fourth-order valence-electron chi connectivity index (χ4n) is 2.84. The van der Waals surface area contributed by atoms with Crippen LogP contribution in [0.25, 0.3) is 11.4 Å². The minimum atomic E-state index is -0.438. The fourth-order valence-corrected chi connectivity index (χ4v) is 3.63. The van der Waals surface area contributed by atoms with Crippen LogP contribution in [0.3, 0.4) is 0 Å². The molecule has 26 heavy (non-hydrogen) atoms. The average molecular weight is 368 g/mol. The van der Waals surface area contributed by atoms with Gasteiger partial charge in [0.05, 0.1) is 7.11 Å². The summed E-state index contributed by atoms with van der Waals surface area (Å²) < 4.78 is 5.30. The number of likely N-dealkylation sites (tertiary alicyclic amines) is 1. The summed E-state index contributed by atoms with van der Waals surface area (Å²) in [4.78, 5) is 24.4. The first-order chi connectivity index (χ1) is 12.6. The first-order valence-electron chi connectivity index (χ1n) is 7.94. The molecule has 0 aliphatic carbocycles. The lowest BCUT2D eigenvalue weighted by molar-refractivity contribution is -0.121. The number of carbonyl (C=O) groups is 1. The number of rotatable bonds is 4. The number of anilines is 1. The highest BCUT2D eigenvalue weighted by Gasteiger charge is 2.33. The molecule has 1 atom stereocenters. The van der Waals surface area contributed by atoms with Crippen LogP contribution in [0.5, 0.6) is 5.75 Å². The zero-order chi connectivity index (χ0) is 18.7. The van der Waals surface area contributed by atoms with Gasteiger partial charge < -0.3 is 4.74 Å². The van der Waals surface area contributed by atoms with Crippen molar-refractivity contribution in [2.75, 3.05) is 25.6 Å². The molecule has 0 bridgehead atoms. The highest BCUT2D eigenvalue weighted by atomic mass is 32.1. The number of ether oxygens (including phenoxy) is 1.